The number of piperidine rings is 1. The van der Waals surface area contributed by atoms with Crippen LogP contribution in [-0.4, -0.2) is 71.7 Å². The average molecular weight is 297 g/mol. The van der Waals surface area contributed by atoms with Gasteiger partial charge in [0.2, 0.25) is 0 Å². The van der Waals surface area contributed by atoms with Gasteiger partial charge in [0.15, 0.2) is 0 Å². The third kappa shape index (κ3) is 4.41. The number of rotatable bonds is 7. The summed E-state index contributed by atoms with van der Waals surface area (Å²) < 4.78 is 0. The quantitative estimate of drug-likeness (QED) is 0.744. The van der Waals surface area contributed by atoms with Crippen molar-refractivity contribution < 1.29 is 9.90 Å². The molecule has 2 heterocycles. The van der Waals surface area contributed by atoms with Crippen LogP contribution in [0.1, 0.15) is 46.0 Å². The molecule has 0 spiro atoms. The van der Waals surface area contributed by atoms with Gasteiger partial charge in [-0.25, -0.2) is 0 Å². The van der Waals surface area contributed by atoms with Gasteiger partial charge in [-0.2, -0.15) is 0 Å². The number of carboxylic acids is 1. The molecule has 5 nitrogen and oxygen atoms in total. The van der Waals surface area contributed by atoms with Gasteiger partial charge < -0.3 is 15.3 Å². The van der Waals surface area contributed by atoms with E-state index in [0.29, 0.717) is 13.0 Å². The van der Waals surface area contributed by atoms with Crippen LogP contribution < -0.4 is 5.32 Å². The number of carbonyl (C=O) groups is 1. The van der Waals surface area contributed by atoms with Crippen LogP contribution in [0.15, 0.2) is 0 Å². The lowest BCUT2D eigenvalue weighted by molar-refractivity contribution is -0.144. The number of nitrogens with zero attached hydrogens (tertiary/aromatic N) is 2. The molecule has 122 valence electrons. The van der Waals surface area contributed by atoms with Crippen LogP contribution in [0, 0.1) is 0 Å². The normalized spacial score (nSPS) is 27.0. The smallest absolute Gasteiger partial charge is 0.323 e. The highest BCUT2D eigenvalue weighted by molar-refractivity contribution is 5.78. The van der Waals surface area contributed by atoms with E-state index in [2.05, 4.69) is 15.1 Å². The van der Waals surface area contributed by atoms with Crippen molar-refractivity contribution in [2.24, 2.45) is 0 Å². The second-order valence-electron chi connectivity index (χ2n) is 6.76. The maximum absolute atomic E-state index is 11.4. The Morgan fingerprint density at radius 2 is 2.14 bits per heavy atom. The molecule has 0 aliphatic carbocycles. The van der Waals surface area contributed by atoms with Gasteiger partial charge in [-0.15, -0.1) is 0 Å². The minimum absolute atomic E-state index is 0.695. The molecule has 2 N–H and O–H groups in total. The SMILES string of the molecule is CCNC(C)(CCCN1CCN2CCCCC2C1)C(=O)O. The summed E-state index contributed by atoms with van der Waals surface area (Å²) in [6, 6.07) is 0.743. The predicted octanol–water partition coefficient (Wildman–Crippen LogP) is 1.39. The van der Waals surface area contributed by atoms with Crippen molar-refractivity contribution in [2.45, 2.75) is 57.5 Å². The molecule has 2 saturated heterocycles. The molecule has 0 aromatic rings. The summed E-state index contributed by atoms with van der Waals surface area (Å²) in [6.07, 6.45) is 5.70. The van der Waals surface area contributed by atoms with Crippen molar-refractivity contribution >= 4 is 5.97 Å². The molecular weight excluding hydrogens is 266 g/mol. The van der Waals surface area contributed by atoms with E-state index in [0.717, 1.165) is 25.6 Å². The zero-order valence-electron chi connectivity index (χ0n) is 13.6. The van der Waals surface area contributed by atoms with Crippen LogP contribution in [0.3, 0.4) is 0 Å². The van der Waals surface area contributed by atoms with Gasteiger partial charge in [-0.1, -0.05) is 13.3 Å². The summed E-state index contributed by atoms with van der Waals surface area (Å²) in [6.45, 7) is 10.3. The average Bonchev–Trinajstić information content (AvgIpc) is 2.47. The third-order valence-corrected chi connectivity index (χ3v) is 5.11. The van der Waals surface area contributed by atoms with E-state index in [-0.39, 0.29) is 0 Å². The Balaban J connectivity index is 1.74. The minimum Gasteiger partial charge on any atom is -0.480 e. The summed E-state index contributed by atoms with van der Waals surface area (Å²) >= 11 is 0. The van der Waals surface area contributed by atoms with Crippen LogP contribution in [0.25, 0.3) is 0 Å². The molecule has 2 aliphatic heterocycles. The molecule has 2 rings (SSSR count). The monoisotopic (exact) mass is 297 g/mol. The van der Waals surface area contributed by atoms with E-state index in [1.165, 1.54) is 38.9 Å². The first-order chi connectivity index (χ1) is 10.0. The van der Waals surface area contributed by atoms with Crippen LogP contribution in [0.2, 0.25) is 0 Å². The fraction of sp³-hybridized carbons (Fsp3) is 0.938. The Morgan fingerprint density at radius 1 is 1.33 bits per heavy atom. The maximum atomic E-state index is 11.4. The summed E-state index contributed by atoms with van der Waals surface area (Å²) in [7, 11) is 0. The van der Waals surface area contributed by atoms with E-state index in [9.17, 15) is 9.90 Å². The van der Waals surface area contributed by atoms with Crippen molar-refractivity contribution in [3.63, 3.8) is 0 Å². The lowest BCUT2D eigenvalue weighted by Gasteiger charge is -2.44. The van der Waals surface area contributed by atoms with Crippen LogP contribution in [-0.2, 0) is 4.79 Å². The Bertz CT molecular complexity index is 350. The molecule has 0 radical (unpaired) electrons. The molecular formula is C16H31N3O2. The summed E-state index contributed by atoms with van der Waals surface area (Å²) in [5.41, 5.74) is -0.776. The molecule has 2 fully saturated rings. The lowest BCUT2D eigenvalue weighted by Crippen LogP contribution is -2.55. The summed E-state index contributed by atoms with van der Waals surface area (Å²) in [4.78, 5) is 16.6. The molecule has 0 saturated carbocycles. The summed E-state index contributed by atoms with van der Waals surface area (Å²) in [5, 5.41) is 12.5. The largest absolute Gasteiger partial charge is 0.480 e. The van der Waals surface area contributed by atoms with Gasteiger partial charge in [0.25, 0.3) is 0 Å². The van der Waals surface area contributed by atoms with Crippen molar-refractivity contribution in [1.82, 2.24) is 15.1 Å². The van der Waals surface area contributed by atoms with Crippen LogP contribution >= 0.6 is 0 Å². The standard InChI is InChI=1S/C16H31N3O2/c1-3-17-16(2,15(20)21)8-6-9-18-11-12-19-10-5-4-7-14(19)13-18/h14,17H,3-13H2,1-2H3,(H,20,21). The van der Waals surface area contributed by atoms with Gasteiger partial charge in [-0.05, 0) is 52.2 Å². The number of likely N-dealkylation sites (N-methyl/N-ethyl adjacent to an activating group) is 1. The van der Waals surface area contributed by atoms with E-state index in [1.54, 1.807) is 6.92 Å². The van der Waals surface area contributed by atoms with E-state index in [4.69, 9.17) is 0 Å². The van der Waals surface area contributed by atoms with Gasteiger partial charge in [0.05, 0.1) is 0 Å². The number of fused-ring (bicyclic) bond motifs is 1. The number of hydrogen-bond donors (Lipinski definition) is 2. The molecule has 21 heavy (non-hydrogen) atoms. The van der Waals surface area contributed by atoms with Crippen molar-refractivity contribution in [3.8, 4) is 0 Å². The topological polar surface area (TPSA) is 55.8 Å². The Morgan fingerprint density at radius 3 is 2.86 bits per heavy atom. The Hall–Kier alpha value is -0.650. The molecule has 0 aromatic heterocycles. The highest BCUT2D eigenvalue weighted by Gasteiger charge is 2.32. The fourth-order valence-corrected chi connectivity index (χ4v) is 3.74. The van der Waals surface area contributed by atoms with E-state index in [1.807, 2.05) is 6.92 Å². The van der Waals surface area contributed by atoms with Crippen molar-refractivity contribution in [3.05, 3.63) is 0 Å². The number of nitrogens with one attached hydrogen (secondary N) is 1. The number of carboxylic acid groups (broad SMARTS) is 1. The van der Waals surface area contributed by atoms with Crippen LogP contribution in [0.5, 0.6) is 0 Å². The van der Waals surface area contributed by atoms with E-state index < -0.39 is 11.5 Å². The Labute approximate surface area is 128 Å². The van der Waals surface area contributed by atoms with Crippen molar-refractivity contribution in [1.29, 1.82) is 0 Å². The van der Waals surface area contributed by atoms with E-state index >= 15 is 0 Å². The molecule has 5 heteroatoms. The summed E-state index contributed by atoms with van der Waals surface area (Å²) in [5.74, 6) is -0.735. The second-order valence-corrected chi connectivity index (χ2v) is 6.76. The third-order valence-electron chi connectivity index (χ3n) is 5.11. The highest BCUT2D eigenvalue weighted by Crippen LogP contribution is 2.22. The highest BCUT2D eigenvalue weighted by atomic mass is 16.4. The number of aliphatic carboxylic acids is 1. The fourth-order valence-electron chi connectivity index (χ4n) is 3.74. The van der Waals surface area contributed by atoms with Crippen LogP contribution in [0.4, 0.5) is 0 Å². The molecule has 0 amide bonds. The second kappa shape index (κ2) is 7.56. The molecule has 0 aromatic carbocycles. The van der Waals surface area contributed by atoms with Gasteiger partial charge >= 0.3 is 5.97 Å². The number of piperazine rings is 1. The van der Waals surface area contributed by atoms with Gasteiger partial charge in [-0.3, -0.25) is 9.69 Å². The maximum Gasteiger partial charge on any atom is 0.323 e. The molecule has 2 aliphatic rings. The minimum atomic E-state index is -0.776. The van der Waals surface area contributed by atoms with Gasteiger partial charge in [0, 0.05) is 25.7 Å². The number of hydrogen-bond acceptors (Lipinski definition) is 4. The molecule has 2 unspecified atom stereocenters. The first-order valence-electron chi connectivity index (χ1n) is 8.50. The first kappa shape index (κ1) is 16.7. The first-order valence-corrected chi connectivity index (χ1v) is 8.50. The lowest BCUT2D eigenvalue weighted by atomic mass is 9.95. The zero-order chi connectivity index (χ0) is 15.3. The molecule has 0 bridgehead atoms. The molecule has 2 atom stereocenters. The predicted molar refractivity (Wildman–Crippen MR) is 84.6 cm³/mol. The Kier molecular flexibility index (Phi) is 6.02. The van der Waals surface area contributed by atoms with Gasteiger partial charge in [0.1, 0.15) is 5.54 Å². The van der Waals surface area contributed by atoms with Crippen molar-refractivity contribution in [2.75, 3.05) is 39.3 Å². The zero-order valence-corrected chi connectivity index (χ0v) is 13.6.